The van der Waals surface area contributed by atoms with E-state index in [0.717, 1.165) is 18.4 Å². The molecule has 1 aliphatic heterocycles. The van der Waals surface area contributed by atoms with E-state index in [1.54, 1.807) is 25.1 Å². The minimum atomic E-state index is -1.23. The molecule has 0 aromatic heterocycles. The highest BCUT2D eigenvalue weighted by molar-refractivity contribution is 5.91. The van der Waals surface area contributed by atoms with E-state index in [0.29, 0.717) is 30.6 Å². The Hall–Kier alpha value is -3.16. The van der Waals surface area contributed by atoms with E-state index in [1.165, 1.54) is 30.3 Å². The lowest BCUT2D eigenvalue weighted by atomic mass is 9.76. The van der Waals surface area contributed by atoms with Gasteiger partial charge in [-0.05, 0) is 85.4 Å². The first-order chi connectivity index (χ1) is 17.3. The number of halogens is 3. The molecule has 0 bridgehead atoms. The van der Waals surface area contributed by atoms with E-state index in [1.807, 2.05) is 6.07 Å². The maximum Gasteiger partial charge on any atom is 0.346 e. The molecule has 0 amide bonds. The van der Waals surface area contributed by atoms with Crippen LogP contribution in [-0.4, -0.2) is 23.8 Å². The van der Waals surface area contributed by atoms with Gasteiger partial charge in [-0.15, -0.1) is 0 Å². The molecule has 1 saturated heterocycles. The van der Waals surface area contributed by atoms with E-state index < -0.39 is 29.3 Å². The number of benzene rings is 3. The molecule has 0 radical (unpaired) electrons. The maximum absolute atomic E-state index is 14.9. The molecule has 1 N–H and O–H groups in total. The zero-order chi connectivity index (χ0) is 25.4. The molecule has 2 atom stereocenters. The van der Waals surface area contributed by atoms with Crippen molar-refractivity contribution in [3.8, 4) is 16.9 Å². The number of aliphatic hydroxyl groups is 1. The Bertz CT molecular complexity index is 1260. The number of rotatable bonds is 6. The van der Waals surface area contributed by atoms with E-state index in [9.17, 15) is 23.1 Å². The highest BCUT2D eigenvalue weighted by atomic mass is 19.2. The summed E-state index contributed by atoms with van der Waals surface area (Å²) in [7, 11) is 0. The van der Waals surface area contributed by atoms with Gasteiger partial charge >= 0.3 is 5.97 Å². The number of epoxide rings is 1. The molecule has 5 rings (SSSR count). The largest absolute Gasteiger partial charge is 0.423 e. The predicted octanol–water partition coefficient (Wildman–Crippen LogP) is 6.72. The SMILES string of the molecule is CC(O)C1CCC(c2ccc(C(=O)Oc3ccc(-c4ccc(C5CO5)cc4F)cc3)c(F)c2F)CC1. The van der Waals surface area contributed by atoms with E-state index in [2.05, 4.69) is 0 Å². The summed E-state index contributed by atoms with van der Waals surface area (Å²) in [6, 6.07) is 13.8. The van der Waals surface area contributed by atoms with Crippen LogP contribution in [0.4, 0.5) is 13.2 Å². The molecule has 4 nitrogen and oxygen atoms in total. The Morgan fingerprint density at radius 2 is 1.67 bits per heavy atom. The summed E-state index contributed by atoms with van der Waals surface area (Å²) in [5.41, 5.74) is 1.53. The molecule has 7 heteroatoms. The highest BCUT2D eigenvalue weighted by Crippen LogP contribution is 2.39. The number of carbonyl (C=O) groups excluding carboxylic acids is 1. The predicted molar refractivity (Wildman–Crippen MR) is 128 cm³/mol. The average molecular weight is 497 g/mol. The molecule has 2 fully saturated rings. The quantitative estimate of drug-likeness (QED) is 0.234. The summed E-state index contributed by atoms with van der Waals surface area (Å²) in [4.78, 5) is 12.6. The molecule has 2 unspecified atom stereocenters. The van der Waals surface area contributed by atoms with Gasteiger partial charge in [-0.3, -0.25) is 0 Å². The second-order valence-corrected chi connectivity index (χ2v) is 9.66. The average Bonchev–Trinajstić information content (AvgIpc) is 3.72. The third-order valence-electron chi connectivity index (χ3n) is 7.30. The van der Waals surface area contributed by atoms with Gasteiger partial charge < -0.3 is 14.6 Å². The van der Waals surface area contributed by atoms with Crippen LogP contribution in [-0.2, 0) is 4.74 Å². The number of carbonyl (C=O) groups is 1. The zero-order valence-electron chi connectivity index (χ0n) is 19.8. The molecule has 3 aromatic carbocycles. The molecule has 3 aromatic rings. The van der Waals surface area contributed by atoms with Crippen LogP contribution in [0.3, 0.4) is 0 Å². The second-order valence-electron chi connectivity index (χ2n) is 9.66. The third-order valence-corrected chi connectivity index (χ3v) is 7.30. The molecule has 0 spiro atoms. The minimum absolute atomic E-state index is 0.0419. The summed E-state index contributed by atoms with van der Waals surface area (Å²) >= 11 is 0. The highest BCUT2D eigenvalue weighted by Gasteiger charge is 2.29. The van der Waals surface area contributed by atoms with Crippen molar-refractivity contribution in [1.29, 1.82) is 0 Å². The lowest BCUT2D eigenvalue weighted by molar-refractivity contribution is 0.0728. The van der Waals surface area contributed by atoms with Gasteiger partial charge in [0.05, 0.1) is 18.3 Å². The van der Waals surface area contributed by atoms with E-state index in [-0.39, 0.29) is 35.1 Å². The smallest absolute Gasteiger partial charge is 0.346 e. The van der Waals surface area contributed by atoms with Crippen molar-refractivity contribution in [1.82, 2.24) is 0 Å². The van der Waals surface area contributed by atoms with Gasteiger partial charge in [0, 0.05) is 5.56 Å². The van der Waals surface area contributed by atoms with Crippen molar-refractivity contribution in [2.24, 2.45) is 5.92 Å². The number of hydrogen-bond donors (Lipinski definition) is 1. The first-order valence-electron chi connectivity index (χ1n) is 12.2. The Morgan fingerprint density at radius 1 is 0.972 bits per heavy atom. The zero-order valence-corrected chi connectivity index (χ0v) is 19.8. The van der Waals surface area contributed by atoms with Crippen LogP contribution in [0.15, 0.2) is 54.6 Å². The van der Waals surface area contributed by atoms with Crippen LogP contribution in [0.25, 0.3) is 11.1 Å². The first-order valence-corrected chi connectivity index (χ1v) is 12.2. The second kappa shape index (κ2) is 10.1. The Kier molecular flexibility index (Phi) is 6.86. The molecule has 1 aliphatic carbocycles. The fourth-order valence-electron chi connectivity index (χ4n) is 5.02. The molecular formula is C29H27F3O4. The van der Waals surface area contributed by atoms with Crippen molar-refractivity contribution in [3.05, 3.63) is 88.7 Å². The minimum Gasteiger partial charge on any atom is -0.423 e. The number of ether oxygens (including phenoxy) is 2. The van der Waals surface area contributed by atoms with Gasteiger partial charge in [0.2, 0.25) is 0 Å². The summed E-state index contributed by atoms with van der Waals surface area (Å²) in [5, 5.41) is 9.76. The van der Waals surface area contributed by atoms with Crippen LogP contribution in [0, 0.1) is 23.4 Å². The standard InChI is InChI=1S/C29H27F3O4/c1-16(33)17-2-4-19(5-3-17)23-12-13-24(28(32)27(23)31)29(34)36-21-9-6-18(7-10-21)22-11-8-20(14-25(22)30)26-15-35-26/h6-14,16-17,19,26,33H,2-5,15H2,1H3. The van der Waals surface area contributed by atoms with Crippen molar-refractivity contribution in [3.63, 3.8) is 0 Å². The van der Waals surface area contributed by atoms with Gasteiger partial charge in [0.1, 0.15) is 17.7 Å². The van der Waals surface area contributed by atoms with Crippen LogP contribution < -0.4 is 4.74 Å². The van der Waals surface area contributed by atoms with E-state index in [4.69, 9.17) is 9.47 Å². The first kappa shape index (κ1) is 24.5. The summed E-state index contributed by atoms with van der Waals surface area (Å²) in [5.74, 6) is -3.51. The van der Waals surface area contributed by atoms with Gasteiger partial charge in [-0.25, -0.2) is 18.0 Å². The monoisotopic (exact) mass is 496 g/mol. The molecule has 2 aliphatic rings. The van der Waals surface area contributed by atoms with Gasteiger partial charge in [-0.2, -0.15) is 0 Å². The van der Waals surface area contributed by atoms with Gasteiger partial charge in [-0.1, -0.05) is 30.3 Å². The summed E-state index contributed by atoms with van der Waals surface area (Å²) in [6.45, 7) is 2.34. The van der Waals surface area contributed by atoms with Crippen LogP contribution >= 0.6 is 0 Å². The number of hydrogen-bond acceptors (Lipinski definition) is 4. The molecule has 36 heavy (non-hydrogen) atoms. The summed E-state index contributed by atoms with van der Waals surface area (Å²) in [6.07, 6.45) is 2.33. The molecular weight excluding hydrogens is 469 g/mol. The third kappa shape index (κ3) is 5.04. The fraction of sp³-hybridized carbons (Fsp3) is 0.345. The Balaban J connectivity index is 1.27. The number of esters is 1. The normalized spacial score (nSPS) is 22.2. The van der Waals surface area contributed by atoms with Crippen molar-refractivity contribution in [2.45, 2.75) is 50.7 Å². The van der Waals surface area contributed by atoms with Crippen molar-refractivity contribution in [2.75, 3.05) is 6.61 Å². The van der Waals surface area contributed by atoms with Crippen molar-refractivity contribution >= 4 is 5.97 Å². The molecule has 1 heterocycles. The van der Waals surface area contributed by atoms with Crippen LogP contribution in [0.5, 0.6) is 5.75 Å². The number of aliphatic hydroxyl groups excluding tert-OH is 1. The van der Waals surface area contributed by atoms with Crippen LogP contribution in [0.2, 0.25) is 0 Å². The van der Waals surface area contributed by atoms with E-state index >= 15 is 0 Å². The summed E-state index contributed by atoms with van der Waals surface area (Å²) < 4.78 is 54.7. The fourth-order valence-corrected chi connectivity index (χ4v) is 5.02. The Labute approximate surface area is 207 Å². The topological polar surface area (TPSA) is 59.1 Å². The van der Waals surface area contributed by atoms with Crippen molar-refractivity contribution < 1.29 is 32.5 Å². The maximum atomic E-state index is 14.9. The lowest BCUT2D eigenvalue weighted by Gasteiger charge is -2.30. The lowest BCUT2D eigenvalue weighted by Crippen LogP contribution is -2.23. The Morgan fingerprint density at radius 3 is 2.28 bits per heavy atom. The van der Waals surface area contributed by atoms with Gasteiger partial charge in [0.15, 0.2) is 11.6 Å². The molecule has 1 saturated carbocycles. The van der Waals surface area contributed by atoms with Gasteiger partial charge in [0.25, 0.3) is 0 Å². The van der Waals surface area contributed by atoms with Crippen LogP contribution in [0.1, 0.15) is 66.1 Å². The molecule has 188 valence electrons.